The van der Waals surface area contributed by atoms with Gasteiger partial charge in [0.1, 0.15) is 0 Å². The summed E-state index contributed by atoms with van der Waals surface area (Å²) in [6.45, 7) is 9.64. The van der Waals surface area contributed by atoms with E-state index in [-0.39, 0.29) is 10.8 Å². The fourth-order valence-corrected chi connectivity index (χ4v) is 8.85. The lowest BCUT2D eigenvalue weighted by atomic mass is 9.68. The SMILES string of the molecule is CC1(C)c2cccc3c2-n2c4c1cccc4c1cc(-c4cccc5c4sc4ccccc45)cc(c12)C3(C)C. The number of nitrogens with zero attached hydrogens (tertiary/aromatic N) is 1. The van der Waals surface area contributed by atoms with E-state index in [9.17, 15) is 0 Å². The Morgan fingerprint density at radius 1 is 0.553 bits per heavy atom. The summed E-state index contributed by atoms with van der Waals surface area (Å²) in [5.41, 5.74) is 12.4. The van der Waals surface area contributed by atoms with Crippen molar-refractivity contribution in [3.05, 3.63) is 113 Å². The molecule has 0 bridgehead atoms. The van der Waals surface area contributed by atoms with Crippen LogP contribution in [0.2, 0.25) is 0 Å². The van der Waals surface area contributed by atoms with Gasteiger partial charge in [0.2, 0.25) is 0 Å². The van der Waals surface area contributed by atoms with Crippen LogP contribution in [0.1, 0.15) is 49.9 Å². The molecule has 0 fully saturated rings. The van der Waals surface area contributed by atoms with Crippen molar-refractivity contribution in [3.8, 4) is 16.8 Å². The standard InChI is InChI=1S/C36H27NS/c1-35(2)26-14-8-12-23-25-18-20(21-11-7-13-24-22-10-5-6-17-30(22)38-34(21)24)19-29-32(25)37(31(23)26)33-27(35)15-9-16-28(33)36(29,3)4/h5-19H,1-4H3. The number of aromatic nitrogens is 1. The molecule has 2 aromatic heterocycles. The summed E-state index contributed by atoms with van der Waals surface area (Å²) in [4.78, 5) is 0. The van der Waals surface area contributed by atoms with Crippen molar-refractivity contribution < 1.29 is 0 Å². The Bertz CT molecular complexity index is 2180. The maximum absolute atomic E-state index is 2.61. The van der Waals surface area contributed by atoms with Crippen LogP contribution in [-0.4, -0.2) is 4.57 Å². The van der Waals surface area contributed by atoms with Gasteiger partial charge in [-0.1, -0.05) is 100 Å². The number of thiophene rings is 1. The fourth-order valence-electron chi connectivity index (χ4n) is 7.61. The quantitative estimate of drug-likeness (QED) is 0.209. The zero-order valence-electron chi connectivity index (χ0n) is 22.0. The van der Waals surface area contributed by atoms with Gasteiger partial charge < -0.3 is 4.57 Å². The number of hydrogen-bond donors (Lipinski definition) is 0. The third kappa shape index (κ3) is 2.27. The van der Waals surface area contributed by atoms with E-state index in [1.807, 2.05) is 11.3 Å². The van der Waals surface area contributed by atoms with E-state index in [4.69, 9.17) is 0 Å². The molecule has 2 heteroatoms. The normalized spacial score (nSPS) is 16.3. The molecule has 0 saturated heterocycles. The molecule has 0 atom stereocenters. The van der Waals surface area contributed by atoms with Crippen LogP contribution < -0.4 is 0 Å². The van der Waals surface area contributed by atoms with Crippen molar-refractivity contribution in [2.24, 2.45) is 0 Å². The van der Waals surface area contributed by atoms with E-state index in [0.29, 0.717) is 0 Å². The molecule has 9 rings (SSSR count). The Morgan fingerprint density at radius 3 is 2.03 bits per heavy atom. The third-order valence-corrected chi connectivity index (χ3v) is 10.8. The zero-order valence-corrected chi connectivity index (χ0v) is 22.8. The van der Waals surface area contributed by atoms with Crippen LogP contribution in [-0.2, 0) is 10.8 Å². The third-order valence-electron chi connectivity index (χ3n) is 9.55. The summed E-state index contributed by atoms with van der Waals surface area (Å²) >= 11 is 1.92. The van der Waals surface area contributed by atoms with Crippen molar-refractivity contribution in [1.82, 2.24) is 4.57 Å². The first kappa shape index (κ1) is 21.1. The van der Waals surface area contributed by atoms with Gasteiger partial charge in [0.15, 0.2) is 0 Å². The Balaban J connectivity index is 1.49. The predicted molar refractivity (Wildman–Crippen MR) is 163 cm³/mol. The Hall–Kier alpha value is -3.88. The molecule has 0 N–H and O–H groups in total. The largest absolute Gasteiger partial charge is 0.308 e. The van der Waals surface area contributed by atoms with Crippen molar-refractivity contribution in [3.63, 3.8) is 0 Å². The summed E-state index contributed by atoms with van der Waals surface area (Å²) in [7, 11) is 0. The van der Waals surface area contributed by atoms with Gasteiger partial charge in [0.25, 0.3) is 0 Å². The highest BCUT2D eigenvalue weighted by molar-refractivity contribution is 7.26. The highest BCUT2D eigenvalue weighted by Crippen LogP contribution is 2.56. The number of hydrogen-bond acceptors (Lipinski definition) is 1. The molecule has 38 heavy (non-hydrogen) atoms. The molecule has 0 amide bonds. The van der Waals surface area contributed by atoms with Crippen molar-refractivity contribution in [1.29, 1.82) is 0 Å². The first-order valence-electron chi connectivity index (χ1n) is 13.5. The fraction of sp³-hybridized carbons (Fsp3) is 0.167. The lowest BCUT2D eigenvalue weighted by Gasteiger charge is -2.42. The lowest BCUT2D eigenvalue weighted by Crippen LogP contribution is -2.33. The van der Waals surface area contributed by atoms with Gasteiger partial charge in [0, 0.05) is 41.8 Å². The van der Waals surface area contributed by atoms with Crippen LogP contribution in [0, 0.1) is 0 Å². The summed E-state index contributed by atoms with van der Waals surface area (Å²) in [5.74, 6) is 0. The topological polar surface area (TPSA) is 4.93 Å². The average molecular weight is 506 g/mol. The molecule has 0 aliphatic carbocycles. The minimum Gasteiger partial charge on any atom is -0.308 e. The van der Waals surface area contributed by atoms with Crippen LogP contribution in [0.5, 0.6) is 0 Å². The summed E-state index contributed by atoms with van der Waals surface area (Å²) in [6.07, 6.45) is 0. The summed E-state index contributed by atoms with van der Waals surface area (Å²) in [5, 5.41) is 5.46. The minimum absolute atomic E-state index is 0.0473. The van der Waals surface area contributed by atoms with Crippen LogP contribution in [0.15, 0.2) is 91.0 Å². The first-order chi connectivity index (χ1) is 18.4. The number of benzene rings is 5. The molecule has 182 valence electrons. The second kappa shape index (κ2) is 6.57. The molecular weight excluding hydrogens is 478 g/mol. The first-order valence-corrected chi connectivity index (χ1v) is 14.4. The van der Waals surface area contributed by atoms with E-state index in [1.54, 1.807) is 0 Å². The molecule has 5 aromatic carbocycles. The number of rotatable bonds is 1. The zero-order chi connectivity index (χ0) is 25.6. The van der Waals surface area contributed by atoms with Gasteiger partial charge in [-0.25, -0.2) is 0 Å². The van der Waals surface area contributed by atoms with Gasteiger partial charge in [-0.05, 0) is 51.6 Å². The molecular formula is C36H27NS. The van der Waals surface area contributed by atoms with Crippen LogP contribution >= 0.6 is 11.3 Å². The van der Waals surface area contributed by atoms with E-state index in [2.05, 4.69) is 123 Å². The van der Waals surface area contributed by atoms with E-state index >= 15 is 0 Å². The number of fused-ring (bicyclic) bond motifs is 4. The molecule has 0 saturated carbocycles. The molecule has 1 nitrogen and oxygen atoms in total. The Kier molecular flexibility index (Phi) is 3.65. The molecule has 4 heterocycles. The van der Waals surface area contributed by atoms with Crippen molar-refractivity contribution in [2.75, 3.05) is 0 Å². The van der Waals surface area contributed by atoms with Gasteiger partial charge >= 0.3 is 0 Å². The maximum Gasteiger partial charge on any atom is 0.0582 e. The highest BCUT2D eigenvalue weighted by Gasteiger charge is 2.43. The summed E-state index contributed by atoms with van der Waals surface area (Å²) in [6, 6.07) is 34.6. The average Bonchev–Trinajstić information content (AvgIpc) is 3.47. The van der Waals surface area contributed by atoms with Crippen molar-refractivity contribution >= 4 is 53.3 Å². The minimum atomic E-state index is -0.106. The van der Waals surface area contributed by atoms with E-state index < -0.39 is 0 Å². The van der Waals surface area contributed by atoms with Gasteiger partial charge in [0.05, 0.1) is 16.7 Å². The Morgan fingerprint density at radius 2 is 1.18 bits per heavy atom. The predicted octanol–water partition coefficient (Wildman–Crippen LogP) is 10.1. The van der Waals surface area contributed by atoms with Gasteiger partial charge in [-0.2, -0.15) is 0 Å². The smallest absolute Gasteiger partial charge is 0.0582 e. The van der Waals surface area contributed by atoms with Crippen LogP contribution in [0.3, 0.4) is 0 Å². The maximum atomic E-state index is 2.61. The molecule has 2 aliphatic heterocycles. The second-order valence-corrected chi connectivity index (χ2v) is 13.2. The lowest BCUT2D eigenvalue weighted by molar-refractivity contribution is 0.594. The monoisotopic (exact) mass is 505 g/mol. The summed E-state index contributed by atoms with van der Waals surface area (Å²) < 4.78 is 5.35. The second-order valence-electron chi connectivity index (χ2n) is 12.2. The van der Waals surface area contributed by atoms with Gasteiger partial charge in [-0.15, -0.1) is 11.3 Å². The molecule has 0 radical (unpaired) electrons. The van der Waals surface area contributed by atoms with Crippen molar-refractivity contribution in [2.45, 2.75) is 38.5 Å². The highest BCUT2D eigenvalue weighted by atomic mass is 32.1. The Labute approximate surface area is 226 Å². The van der Waals surface area contributed by atoms with Crippen LogP contribution in [0.4, 0.5) is 0 Å². The molecule has 7 aromatic rings. The number of para-hydroxylation sites is 2. The van der Waals surface area contributed by atoms with Gasteiger partial charge in [-0.3, -0.25) is 0 Å². The van der Waals surface area contributed by atoms with E-state index in [1.165, 1.54) is 81.0 Å². The molecule has 0 spiro atoms. The molecule has 2 aliphatic rings. The van der Waals surface area contributed by atoms with Crippen LogP contribution in [0.25, 0.3) is 58.8 Å². The van der Waals surface area contributed by atoms with E-state index in [0.717, 1.165) is 0 Å². The molecule has 0 unspecified atom stereocenters.